The molecule has 3 unspecified atom stereocenters. The van der Waals surface area contributed by atoms with Crippen LogP contribution in [0.25, 0.3) is 0 Å². The number of rotatable bonds is 6. The molecule has 2 rings (SSSR count). The van der Waals surface area contributed by atoms with Crippen molar-refractivity contribution in [2.45, 2.75) is 64.6 Å². The largest absolute Gasteiger partial charge is 0.383 e. The molecule has 0 aromatic rings. The van der Waals surface area contributed by atoms with Gasteiger partial charge in [-0.3, -0.25) is 9.59 Å². The van der Waals surface area contributed by atoms with E-state index in [2.05, 4.69) is 19.2 Å². The molecule has 1 N–H and O–H groups in total. The molecule has 1 aliphatic carbocycles. The number of carbonyl (C=O) groups is 2. The summed E-state index contributed by atoms with van der Waals surface area (Å²) in [6.45, 7) is 8.44. The average molecular weight is 296 g/mol. The predicted octanol–water partition coefficient (Wildman–Crippen LogP) is 1.56. The Labute approximate surface area is 127 Å². The van der Waals surface area contributed by atoms with Crippen LogP contribution in [0.4, 0.5) is 0 Å². The lowest BCUT2D eigenvalue weighted by Gasteiger charge is -2.47. The van der Waals surface area contributed by atoms with Crippen LogP contribution in [0.15, 0.2) is 0 Å². The van der Waals surface area contributed by atoms with Crippen molar-refractivity contribution in [2.24, 2.45) is 11.8 Å². The molecule has 1 saturated carbocycles. The van der Waals surface area contributed by atoms with E-state index in [4.69, 9.17) is 4.74 Å². The van der Waals surface area contributed by atoms with Gasteiger partial charge in [-0.1, -0.05) is 13.8 Å². The van der Waals surface area contributed by atoms with Crippen molar-refractivity contribution >= 4 is 11.8 Å². The van der Waals surface area contributed by atoms with Crippen molar-refractivity contribution in [2.75, 3.05) is 13.7 Å². The fourth-order valence-corrected chi connectivity index (χ4v) is 3.36. The number of hydrogen-bond donors (Lipinski definition) is 1. The van der Waals surface area contributed by atoms with Gasteiger partial charge in [0.1, 0.15) is 11.6 Å². The third-order valence-corrected chi connectivity index (χ3v) is 4.67. The van der Waals surface area contributed by atoms with E-state index in [0.717, 1.165) is 12.8 Å². The minimum Gasteiger partial charge on any atom is -0.383 e. The Hall–Kier alpha value is -1.10. The smallest absolute Gasteiger partial charge is 0.249 e. The van der Waals surface area contributed by atoms with Crippen molar-refractivity contribution in [3.63, 3.8) is 0 Å². The summed E-state index contributed by atoms with van der Waals surface area (Å²) in [5.74, 6) is 0.683. The number of carbonyl (C=O) groups excluding carboxylic acids is 2. The van der Waals surface area contributed by atoms with Crippen LogP contribution in [0.3, 0.4) is 0 Å². The number of nitrogens with one attached hydrogen (secondary N) is 1. The van der Waals surface area contributed by atoms with Gasteiger partial charge in [0, 0.05) is 7.11 Å². The maximum absolute atomic E-state index is 13.0. The number of hydrogen-bond acceptors (Lipinski definition) is 3. The average Bonchev–Trinajstić information content (AvgIpc) is 3.20. The van der Waals surface area contributed by atoms with Gasteiger partial charge < -0.3 is 15.0 Å². The summed E-state index contributed by atoms with van der Waals surface area (Å²) < 4.78 is 5.21. The Morgan fingerprint density at radius 2 is 1.95 bits per heavy atom. The Morgan fingerprint density at radius 3 is 2.43 bits per heavy atom. The Kier molecular flexibility index (Phi) is 4.61. The lowest BCUT2D eigenvalue weighted by atomic mass is 9.86. The summed E-state index contributed by atoms with van der Waals surface area (Å²) in [5.41, 5.74) is -0.730. The first kappa shape index (κ1) is 16.3. The molecule has 1 heterocycles. The molecule has 2 amide bonds. The van der Waals surface area contributed by atoms with E-state index < -0.39 is 5.54 Å². The van der Waals surface area contributed by atoms with E-state index in [1.54, 1.807) is 12.0 Å². The molecule has 5 heteroatoms. The summed E-state index contributed by atoms with van der Waals surface area (Å²) in [4.78, 5) is 27.4. The van der Waals surface area contributed by atoms with Crippen molar-refractivity contribution in [3.8, 4) is 0 Å². The van der Waals surface area contributed by atoms with Crippen molar-refractivity contribution in [1.29, 1.82) is 0 Å². The molecule has 0 spiro atoms. The van der Waals surface area contributed by atoms with E-state index in [1.807, 2.05) is 13.8 Å². The standard InChI is InChI=1S/C16H28N2O3/c1-10(2)8-13-14(19)17-16(4,12-6-7-12)15(20)18(13)11(3)9-21-5/h10-13H,6-9H2,1-5H3,(H,17,19). The van der Waals surface area contributed by atoms with Gasteiger partial charge in [-0.05, 0) is 44.9 Å². The summed E-state index contributed by atoms with van der Waals surface area (Å²) in [7, 11) is 1.63. The second kappa shape index (κ2) is 5.95. The van der Waals surface area contributed by atoms with Crippen LogP contribution in [0.1, 0.15) is 47.0 Å². The van der Waals surface area contributed by atoms with Crippen molar-refractivity contribution in [3.05, 3.63) is 0 Å². The molecule has 0 aromatic carbocycles. The zero-order chi connectivity index (χ0) is 15.8. The molecule has 0 bridgehead atoms. The Bertz CT molecular complexity index is 420. The fourth-order valence-electron chi connectivity index (χ4n) is 3.36. The number of methoxy groups -OCH3 is 1. The molecule has 2 fully saturated rings. The summed E-state index contributed by atoms with van der Waals surface area (Å²) in [5, 5.41) is 3.02. The highest BCUT2D eigenvalue weighted by Gasteiger charge is 2.56. The lowest BCUT2D eigenvalue weighted by Crippen LogP contribution is -2.72. The van der Waals surface area contributed by atoms with Crippen LogP contribution in [-0.2, 0) is 14.3 Å². The van der Waals surface area contributed by atoms with E-state index in [0.29, 0.717) is 18.9 Å². The van der Waals surface area contributed by atoms with Crippen LogP contribution >= 0.6 is 0 Å². The third-order valence-electron chi connectivity index (χ3n) is 4.67. The van der Waals surface area contributed by atoms with Gasteiger partial charge in [-0.2, -0.15) is 0 Å². The molecule has 5 nitrogen and oxygen atoms in total. The summed E-state index contributed by atoms with van der Waals surface area (Å²) >= 11 is 0. The van der Waals surface area contributed by atoms with E-state index >= 15 is 0 Å². The highest BCUT2D eigenvalue weighted by molar-refractivity contribution is 6.00. The molecular weight excluding hydrogens is 268 g/mol. The van der Waals surface area contributed by atoms with Gasteiger partial charge in [-0.15, -0.1) is 0 Å². The minimum atomic E-state index is -0.730. The zero-order valence-corrected chi connectivity index (χ0v) is 13.8. The van der Waals surface area contributed by atoms with Crippen molar-refractivity contribution in [1.82, 2.24) is 10.2 Å². The molecule has 2 aliphatic rings. The highest BCUT2D eigenvalue weighted by Crippen LogP contribution is 2.43. The van der Waals surface area contributed by atoms with Crippen LogP contribution in [0.2, 0.25) is 0 Å². The molecule has 21 heavy (non-hydrogen) atoms. The third kappa shape index (κ3) is 3.07. The highest BCUT2D eigenvalue weighted by atomic mass is 16.5. The quantitative estimate of drug-likeness (QED) is 0.809. The zero-order valence-electron chi connectivity index (χ0n) is 13.8. The summed E-state index contributed by atoms with van der Waals surface area (Å²) in [6, 6.07) is -0.468. The first-order valence-electron chi connectivity index (χ1n) is 7.95. The molecular formula is C16H28N2O3. The van der Waals surface area contributed by atoms with Gasteiger partial charge in [0.15, 0.2) is 0 Å². The molecule has 1 saturated heterocycles. The summed E-state index contributed by atoms with van der Waals surface area (Å²) in [6.07, 6.45) is 2.72. The molecule has 3 atom stereocenters. The first-order chi connectivity index (χ1) is 9.81. The number of nitrogens with zero attached hydrogens (tertiary/aromatic N) is 1. The monoisotopic (exact) mass is 296 g/mol. The van der Waals surface area contributed by atoms with Crippen LogP contribution < -0.4 is 5.32 Å². The second-order valence-corrected chi connectivity index (χ2v) is 7.13. The van der Waals surface area contributed by atoms with Crippen LogP contribution in [-0.4, -0.2) is 48.1 Å². The Morgan fingerprint density at radius 1 is 1.33 bits per heavy atom. The number of ether oxygens (including phenoxy) is 1. The van der Waals surface area contributed by atoms with Gasteiger partial charge in [0.2, 0.25) is 11.8 Å². The fraction of sp³-hybridized carbons (Fsp3) is 0.875. The number of amides is 2. The minimum absolute atomic E-state index is 0.0133. The SMILES string of the molecule is COCC(C)N1C(=O)C(C)(C2CC2)NC(=O)C1CC(C)C. The van der Waals surface area contributed by atoms with Crippen molar-refractivity contribution < 1.29 is 14.3 Å². The van der Waals surface area contributed by atoms with Gasteiger partial charge >= 0.3 is 0 Å². The van der Waals surface area contributed by atoms with E-state index in [-0.39, 0.29) is 29.8 Å². The van der Waals surface area contributed by atoms with Crippen LogP contribution in [0, 0.1) is 11.8 Å². The normalized spacial score (nSPS) is 31.5. The van der Waals surface area contributed by atoms with Gasteiger partial charge in [0.05, 0.1) is 12.6 Å². The van der Waals surface area contributed by atoms with Gasteiger partial charge in [-0.25, -0.2) is 0 Å². The maximum Gasteiger partial charge on any atom is 0.249 e. The molecule has 0 radical (unpaired) electrons. The maximum atomic E-state index is 13.0. The topological polar surface area (TPSA) is 58.6 Å². The molecule has 0 aromatic heterocycles. The predicted molar refractivity (Wildman–Crippen MR) is 80.7 cm³/mol. The molecule has 1 aliphatic heterocycles. The molecule has 120 valence electrons. The number of piperazine rings is 1. The van der Waals surface area contributed by atoms with E-state index in [9.17, 15) is 9.59 Å². The second-order valence-electron chi connectivity index (χ2n) is 7.13. The van der Waals surface area contributed by atoms with Gasteiger partial charge in [0.25, 0.3) is 0 Å². The van der Waals surface area contributed by atoms with Crippen LogP contribution in [0.5, 0.6) is 0 Å². The lowest BCUT2D eigenvalue weighted by molar-refractivity contribution is -0.159. The first-order valence-corrected chi connectivity index (χ1v) is 7.95. The van der Waals surface area contributed by atoms with E-state index in [1.165, 1.54) is 0 Å². The Balaban J connectivity index is 2.29.